The smallest absolute Gasteiger partial charge is 0.300 e. The Labute approximate surface area is 120 Å². The molecule has 0 aromatic heterocycles. The van der Waals surface area contributed by atoms with Crippen LogP contribution in [0, 0.1) is 0 Å². The van der Waals surface area contributed by atoms with Crippen LogP contribution in [0.15, 0.2) is 0 Å². The summed E-state index contributed by atoms with van der Waals surface area (Å²) in [5.41, 5.74) is 0. The Morgan fingerprint density at radius 3 is 1.47 bits per heavy atom. The molecule has 3 heteroatoms. The summed E-state index contributed by atoms with van der Waals surface area (Å²) in [4.78, 5) is 9.00. The molecule has 0 amide bonds. The van der Waals surface area contributed by atoms with Crippen molar-refractivity contribution < 1.29 is 9.90 Å². The SMILES string of the molecule is CC(=O)O.CCCCCCCCCCCCCNC. The third kappa shape index (κ3) is 31.8. The van der Waals surface area contributed by atoms with E-state index in [0.29, 0.717) is 0 Å². The lowest BCUT2D eigenvalue weighted by molar-refractivity contribution is -0.134. The lowest BCUT2D eigenvalue weighted by Crippen LogP contribution is -2.06. The summed E-state index contributed by atoms with van der Waals surface area (Å²) in [5.74, 6) is -0.833. The van der Waals surface area contributed by atoms with Gasteiger partial charge in [-0.1, -0.05) is 71.1 Å². The zero-order valence-electron chi connectivity index (χ0n) is 13.3. The highest BCUT2D eigenvalue weighted by molar-refractivity contribution is 5.62. The van der Waals surface area contributed by atoms with Crippen molar-refractivity contribution in [3.05, 3.63) is 0 Å². The molecule has 0 bridgehead atoms. The summed E-state index contributed by atoms with van der Waals surface area (Å²) >= 11 is 0. The fraction of sp³-hybridized carbons (Fsp3) is 0.938. The van der Waals surface area contributed by atoms with Gasteiger partial charge in [-0.2, -0.15) is 0 Å². The van der Waals surface area contributed by atoms with E-state index in [1.54, 1.807) is 0 Å². The van der Waals surface area contributed by atoms with Gasteiger partial charge in [-0.3, -0.25) is 4.79 Å². The summed E-state index contributed by atoms with van der Waals surface area (Å²) in [6, 6.07) is 0. The molecule has 0 heterocycles. The average molecular weight is 273 g/mol. The van der Waals surface area contributed by atoms with Crippen LogP contribution in [0.4, 0.5) is 0 Å². The van der Waals surface area contributed by atoms with Crippen LogP contribution in [0.5, 0.6) is 0 Å². The molecule has 2 N–H and O–H groups in total. The molecule has 3 nitrogen and oxygen atoms in total. The van der Waals surface area contributed by atoms with Crippen molar-refractivity contribution in [1.29, 1.82) is 0 Å². The number of hydrogen-bond acceptors (Lipinski definition) is 2. The van der Waals surface area contributed by atoms with Gasteiger partial charge in [-0.25, -0.2) is 0 Å². The maximum absolute atomic E-state index is 9.00. The van der Waals surface area contributed by atoms with E-state index >= 15 is 0 Å². The Bertz CT molecular complexity index is 156. The molecule has 0 rings (SSSR count). The van der Waals surface area contributed by atoms with Crippen molar-refractivity contribution in [2.75, 3.05) is 13.6 Å². The van der Waals surface area contributed by atoms with E-state index in [1.165, 1.54) is 77.2 Å². The molecule has 19 heavy (non-hydrogen) atoms. The maximum Gasteiger partial charge on any atom is 0.300 e. The van der Waals surface area contributed by atoms with E-state index in [2.05, 4.69) is 12.2 Å². The van der Waals surface area contributed by atoms with Gasteiger partial charge in [0.1, 0.15) is 0 Å². The first kappa shape index (κ1) is 20.7. The van der Waals surface area contributed by atoms with Gasteiger partial charge < -0.3 is 10.4 Å². The summed E-state index contributed by atoms with van der Waals surface area (Å²) in [6.45, 7) is 4.56. The predicted molar refractivity (Wildman–Crippen MR) is 83.7 cm³/mol. The van der Waals surface area contributed by atoms with Crippen molar-refractivity contribution in [2.45, 2.75) is 84.5 Å². The molecule has 0 saturated heterocycles. The first-order chi connectivity index (χ1) is 9.15. The third-order valence-corrected chi connectivity index (χ3v) is 3.03. The number of nitrogens with one attached hydrogen (secondary N) is 1. The molecule has 0 radical (unpaired) electrons. The van der Waals surface area contributed by atoms with Crippen LogP contribution in [0.25, 0.3) is 0 Å². The highest BCUT2D eigenvalue weighted by Crippen LogP contribution is 2.10. The molecule has 0 aromatic carbocycles. The normalized spacial score (nSPS) is 9.84. The molecule has 0 unspecified atom stereocenters. The van der Waals surface area contributed by atoms with E-state index in [4.69, 9.17) is 9.90 Å². The maximum atomic E-state index is 9.00. The minimum Gasteiger partial charge on any atom is -0.481 e. The quantitative estimate of drug-likeness (QED) is 0.511. The van der Waals surface area contributed by atoms with Gasteiger partial charge in [0.25, 0.3) is 5.97 Å². The predicted octanol–water partition coefficient (Wildman–Crippen LogP) is 4.61. The van der Waals surface area contributed by atoms with E-state index in [1.807, 2.05) is 7.05 Å². The number of unbranched alkanes of at least 4 members (excludes halogenated alkanes) is 10. The van der Waals surface area contributed by atoms with Crippen molar-refractivity contribution in [1.82, 2.24) is 5.32 Å². The van der Waals surface area contributed by atoms with Gasteiger partial charge in [0, 0.05) is 6.92 Å². The first-order valence-corrected chi connectivity index (χ1v) is 7.99. The minimum absolute atomic E-state index is 0.833. The fourth-order valence-corrected chi connectivity index (χ4v) is 1.97. The standard InChI is InChI=1S/C14H31N.C2H4O2/c1-3-4-5-6-7-8-9-10-11-12-13-14-15-2;1-2(3)4/h15H,3-14H2,1-2H3;1H3,(H,3,4). The van der Waals surface area contributed by atoms with Crippen LogP contribution in [0.3, 0.4) is 0 Å². The van der Waals surface area contributed by atoms with Crippen LogP contribution >= 0.6 is 0 Å². The lowest BCUT2D eigenvalue weighted by atomic mass is 10.1. The van der Waals surface area contributed by atoms with Crippen molar-refractivity contribution in [2.24, 2.45) is 0 Å². The van der Waals surface area contributed by atoms with Crippen LogP contribution in [0.2, 0.25) is 0 Å². The summed E-state index contributed by atoms with van der Waals surface area (Å²) in [6.07, 6.45) is 15.8. The van der Waals surface area contributed by atoms with E-state index in [-0.39, 0.29) is 0 Å². The highest BCUT2D eigenvalue weighted by Gasteiger charge is 1.92. The van der Waals surface area contributed by atoms with Gasteiger partial charge in [-0.05, 0) is 20.0 Å². The molecule has 0 fully saturated rings. The Morgan fingerprint density at radius 1 is 0.842 bits per heavy atom. The van der Waals surface area contributed by atoms with Crippen molar-refractivity contribution >= 4 is 5.97 Å². The summed E-state index contributed by atoms with van der Waals surface area (Å²) in [5, 5.41) is 10.6. The second-order valence-electron chi connectivity index (χ2n) is 5.16. The third-order valence-electron chi connectivity index (χ3n) is 3.03. The minimum atomic E-state index is -0.833. The number of rotatable bonds is 12. The van der Waals surface area contributed by atoms with Crippen LogP contribution in [-0.4, -0.2) is 24.7 Å². The molecule has 116 valence electrons. The van der Waals surface area contributed by atoms with Crippen LogP contribution in [-0.2, 0) is 4.79 Å². The van der Waals surface area contributed by atoms with Crippen LogP contribution in [0.1, 0.15) is 84.5 Å². The van der Waals surface area contributed by atoms with Gasteiger partial charge in [0.2, 0.25) is 0 Å². The summed E-state index contributed by atoms with van der Waals surface area (Å²) < 4.78 is 0. The zero-order chi connectivity index (χ0) is 14.8. The van der Waals surface area contributed by atoms with Crippen LogP contribution < -0.4 is 5.32 Å². The molecular weight excluding hydrogens is 238 g/mol. The van der Waals surface area contributed by atoms with E-state index < -0.39 is 5.97 Å². The highest BCUT2D eigenvalue weighted by atomic mass is 16.4. The van der Waals surface area contributed by atoms with E-state index in [0.717, 1.165) is 6.92 Å². The monoisotopic (exact) mass is 273 g/mol. The first-order valence-electron chi connectivity index (χ1n) is 7.99. The topological polar surface area (TPSA) is 49.3 Å². The molecular formula is C16H35NO2. The second kappa shape index (κ2) is 19.8. The second-order valence-corrected chi connectivity index (χ2v) is 5.16. The molecule has 0 aromatic rings. The molecule has 0 aliphatic rings. The molecule has 0 saturated carbocycles. The Morgan fingerprint density at radius 2 is 1.16 bits per heavy atom. The number of carboxylic acids is 1. The molecule has 0 aliphatic heterocycles. The van der Waals surface area contributed by atoms with Gasteiger partial charge in [-0.15, -0.1) is 0 Å². The Balaban J connectivity index is 0. The van der Waals surface area contributed by atoms with Gasteiger partial charge in [0.15, 0.2) is 0 Å². The Hall–Kier alpha value is -0.570. The average Bonchev–Trinajstić information content (AvgIpc) is 2.35. The van der Waals surface area contributed by atoms with E-state index in [9.17, 15) is 0 Å². The number of hydrogen-bond donors (Lipinski definition) is 2. The lowest BCUT2D eigenvalue weighted by Gasteiger charge is -2.02. The Kier molecular flexibility index (Phi) is 21.6. The molecule has 0 atom stereocenters. The number of carboxylic acid groups (broad SMARTS) is 1. The van der Waals surface area contributed by atoms with Crippen molar-refractivity contribution in [3.63, 3.8) is 0 Å². The zero-order valence-corrected chi connectivity index (χ0v) is 13.3. The molecule has 0 aliphatic carbocycles. The largest absolute Gasteiger partial charge is 0.481 e. The summed E-state index contributed by atoms with van der Waals surface area (Å²) in [7, 11) is 2.04. The number of aliphatic carboxylic acids is 1. The number of carbonyl (C=O) groups is 1. The van der Waals surface area contributed by atoms with Gasteiger partial charge >= 0.3 is 0 Å². The fourth-order valence-electron chi connectivity index (χ4n) is 1.97. The van der Waals surface area contributed by atoms with Crippen molar-refractivity contribution in [3.8, 4) is 0 Å². The van der Waals surface area contributed by atoms with Gasteiger partial charge in [0.05, 0.1) is 0 Å². The molecule has 0 spiro atoms.